The Morgan fingerprint density at radius 3 is 2.19 bits per heavy atom. The second-order valence-corrected chi connectivity index (χ2v) is 9.39. The number of alkyl halides is 1. The quantitative estimate of drug-likeness (QED) is 0.623. The Kier molecular flexibility index (Phi) is 4.31. The molecule has 3 saturated carbocycles. The number of hydrogen-bond acceptors (Lipinski definition) is 1. The number of hydrogen-bond donors (Lipinski definition) is 1. The molecule has 2 nitrogen and oxygen atoms in total. The van der Waals surface area contributed by atoms with Crippen molar-refractivity contribution in [1.29, 1.82) is 0 Å². The summed E-state index contributed by atoms with van der Waals surface area (Å²) in [7, 11) is 0. The van der Waals surface area contributed by atoms with E-state index in [9.17, 15) is 4.79 Å². The van der Waals surface area contributed by atoms with Crippen LogP contribution in [0, 0.1) is 16.6 Å². The lowest BCUT2D eigenvalue weighted by atomic mass is 9.56. The van der Waals surface area contributed by atoms with E-state index in [0.29, 0.717) is 44.9 Å². The van der Waals surface area contributed by atoms with Gasteiger partial charge in [0.25, 0.3) is 0 Å². The van der Waals surface area contributed by atoms with Crippen LogP contribution >= 0.6 is 23.2 Å². The Morgan fingerprint density at radius 2 is 1.69 bits per heavy atom. The maximum Gasteiger partial charge on any atom is 0.224 e. The fourth-order valence-electron chi connectivity index (χ4n) is 6.23. The summed E-state index contributed by atoms with van der Waals surface area (Å²) < 4.78 is 30.1. The van der Waals surface area contributed by atoms with E-state index in [1.54, 1.807) is 0 Å². The van der Waals surface area contributed by atoms with Crippen molar-refractivity contribution < 1.29 is 13.6 Å². The second kappa shape index (κ2) is 6.07. The van der Waals surface area contributed by atoms with E-state index in [0.717, 1.165) is 12.8 Å². The van der Waals surface area contributed by atoms with Crippen molar-refractivity contribution in [3.05, 3.63) is 33.6 Å². The van der Waals surface area contributed by atoms with Crippen LogP contribution < -0.4 is 5.73 Å². The van der Waals surface area contributed by atoms with E-state index in [1.165, 1.54) is 12.1 Å². The van der Waals surface area contributed by atoms with Crippen LogP contribution in [-0.2, 0) is 4.79 Å². The standard InChI is InChI=1S/C20H23Cl2F2NO/c21-12-3-4-13(23)14(15(12)22)16(20(17(25)26)5-1-2-6-20)18-7-9-19(24,11-18)10-8-18/h3-4,16H,1-2,5-11H2,(H2,25,26)/t16-,18?,19?/m0/s1. The van der Waals surface area contributed by atoms with Crippen LogP contribution in [0.2, 0.25) is 10.0 Å². The Labute approximate surface area is 162 Å². The van der Waals surface area contributed by atoms with Crippen molar-refractivity contribution in [2.45, 2.75) is 69.4 Å². The number of carbonyl (C=O) groups is 1. The molecule has 1 aromatic carbocycles. The molecule has 4 rings (SSSR count). The average Bonchev–Trinajstić information content (AvgIpc) is 3.28. The zero-order chi connectivity index (χ0) is 18.7. The van der Waals surface area contributed by atoms with Crippen molar-refractivity contribution >= 4 is 29.1 Å². The van der Waals surface area contributed by atoms with Crippen LogP contribution in [0.1, 0.15) is 69.3 Å². The number of benzene rings is 1. The van der Waals surface area contributed by atoms with E-state index in [-0.39, 0.29) is 15.6 Å². The fourth-order valence-corrected chi connectivity index (χ4v) is 6.66. The van der Waals surface area contributed by atoms with E-state index < -0.39 is 34.1 Å². The molecule has 142 valence electrons. The van der Waals surface area contributed by atoms with Gasteiger partial charge < -0.3 is 5.73 Å². The molecule has 1 atom stereocenters. The molecule has 0 unspecified atom stereocenters. The van der Waals surface area contributed by atoms with Gasteiger partial charge in [0.1, 0.15) is 11.5 Å². The highest BCUT2D eigenvalue weighted by atomic mass is 35.5. The summed E-state index contributed by atoms with van der Waals surface area (Å²) in [5, 5.41) is 0.395. The second-order valence-electron chi connectivity index (χ2n) is 8.61. The molecule has 2 N–H and O–H groups in total. The molecule has 6 heteroatoms. The molecule has 0 aliphatic heterocycles. The van der Waals surface area contributed by atoms with Gasteiger partial charge in [-0.1, -0.05) is 36.0 Å². The number of carbonyl (C=O) groups excluding carboxylic acids is 1. The Balaban J connectivity index is 1.95. The number of amides is 1. The van der Waals surface area contributed by atoms with Crippen LogP contribution in [0.5, 0.6) is 0 Å². The lowest BCUT2D eigenvalue weighted by molar-refractivity contribution is -0.131. The van der Waals surface area contributed by atoms with Gasteiger partial charge in [0.2, 0.25) is 5.91 Å². The maximum atomic E-state index is 15.0. The Morgan fingerprint density at radius 1 is 1.08 bits per heavy atom. The normalized spacial score (nSPS) is 33.5. The van der Waals surface area contributed by atoms with Crippen molar-refractivity contribution in [3.8, 4) is 0 Å². The van der Waals surface area contributed by atoms with Gasteiger partial charge in [0.05, 0.1) is 15.5 Å². The van der Waals surface area contributed by atoms with E-state index in [4.69, 9.17) is 28.9 Å². The predicted octanol–water partition coefficient (Wildman–Crippen LogP) is 5.93. The van der Waals surface area contributed by atoms with Gasteiger partial charge in [0, 0.05) is 11.5 Å². The highest BCUT2D eigenvalue weighted by Gasteiger charge is 2.64. The average molecular weight is 402 g/mol. The monoisotopic (exact) mass is 401 g/mol. The molecular weight excluding hydrogens is 379 g/mol. The first-order valence-electron chi connectivity index (χ1n) is 9.35. The van der Waals surface area contributed by atoms with Gasteiger partial charge in [-0.15, -0.1) is 0 Å². The third-order valence-electron chi connectivity index (χ3n) is 7.33. The number of halogens is 4. The fraction of sp³-hybridized carbons (Fsp3) is 0.650. The van der Waals surface area contributed by atoms with Crippen molar-refractivity contribution in [2.24, 2.45) is 16.6 Å². The van der Waals surface area contributed by atoms with E-state index in [1.807, 2.05) is 0 Å². The predicted molar refractivity (Wildman–Crippen MR) is 98.6 cm³/mol. The Bertz CT molecular complexity index is 752. The molecule has 1 aromatic rings. The molecule has 3 aliphatic carbocycles. The zero-order valence-corrected chi connectivity index (χ0v) is 16.1. The molecule has 0 aromatic heterocycles. The molecule has 3 aliphatic rings. The van der Waals surface area contributed by atoms with Gasteiger partial charge in [-0.05, 0) is 62.5 Å². The molecule has 0 spiro atoms. The first-order valence-corrected chi connectivity index (χ1v) is 10.1. The molecule has 2 bridgehead atoms. The molecule has 0 saturated heterocycles. The summed E-state index contributed by atoms with van der Waals surface area (Å²) in [4.78, 5) is 12.7. The van der Waals surface area contributed by atoms with Crippen LogP contribution in [0.3, 0.4) is 0 Å². The van der Waals surface area contributed by atoms with Crippen LogP contribution in [0.15, 0.2) is 12.1 Å². The molecule has 0 radical (unpaired) electrons. The van der Waals surface area contributed by atoms with Crippen LogP contribution in [0.4, 0.5) is 8.78 Å². The van der Waals surface area contributed by atoms with Gasteiger partial charge in [0.15, 0.2) is 0 Å². The third-order valence-corrected chi connectivity index (χ3v) is 8.15. The summed E-state index contributed by atoms with van der Waals surface area (Å²) in [6.45, 7) is 0. The summed E-state index contributed by atoms with van der Waals surface area (Å²) in [6, 6.07) is 2.72. The van der Waals surface area contributed by atoms with Crippen LogP contribution in [-0.4, -0.2) is 11.6 Å². The minimum absolute atomic E-state index is 0.141. The molecule has 0 heterocycles. The summed E-state index contributed by atoms with van der Waals surface area (Å²) in [6.07, 6.45) is 5.42. The van der Waals surface area contributed by atoms with E-state index >= 15 is 8.78 Å². The molecular formula is C20H23Cl2F2NO. The van der Waals surface area contributed by atoms with Gasteiger partial charge in [-0.3, -0.25) is 4.79 Å². The number of rotatable bonds is 4. The summed E-state index contributed by atoms with van der Waals surface area (Å²) >= 11 is 12.7. The highest BCUT2D eigenvalue weighted by molar-refractivity contribution is 6.42. The summed E-state index contributed by atoms with van der Waals surface area (Å²) in [5.41, 5.74) is 3.60. The topological polar surface area (TPSA) is 43.1 Å². The lowest BCUT2D eigenvalue weighted by Crippen LogP contribution is -2.46. The lowest BCUT2D eigenvalue weighted by Gasteiger charge is -2.46. The SMILES string of the molecule is NC(=O)C1([C@@H](c2c(F)ccc(Cl)c2Cl)C23CCC(F)(CC2)C3)CCCC1. The van der Waals surface area contributed by atoms with Crippen molar-refractivity contribution in [2.75, 3.05) is 0 Å². The minimum atomic E-state index is -1.21. The van der Waals surface area contributed by atoms with Crippen LogP contribution in [0.25, 0.3) is 0 Å². The first-order chi connectivity index (χ1) is 12.2. The van der Waals surface area contributed by atoms with Crippen molar-refractivity contribution in [3.63, 3.8) is 0 Å². The third kappa shape index (κ3) is 2.51. The largest absolute Gasteiger partial charge is 0.369 e. The first kappa shape index (κ1) is 18.5. The van der Waals surface area contributed by atoms with Gasteiger partial charge >= 0.3 is 0 Å². The van der Waals surface area contributed by atoms with E-state index in [2.05, 4.69) is 0 Å². The highest BCUT2D eigenvalue weighted by Crippen LogP contribution is 2.70. The molecule has 3 fully saturated rings. The smallest absolute Gasteiger partial charge is 0.224 e. The van der Waals surface area contributed by atoms with Gasteiger partial charge in [-0.25, -0.2) is 8.78 Å². The van der Waals surface area contributed by atoms with Crippen molar-refractivity contribution in [1.82, 2.24) is 0 Å². The van der Waals surface area contributed by atoms with Gasteiger partial charge in [-0.2, -0.15) is 0 Å². The number of fused-ring (bicyclic) bond motifs is 2. The number of nitrogens with two attached hydrogens (primary N) is 1. The Hall–Kier alpha value is -0.870. The zero-order valence-electron chi connectivity index (χ0n) is 14.6. The molecule has 26 heavy (non-hydrogen) atoms. The molecule has 1 amide bonds. The number of primary amides is 1. The minimum Gasteiger partial charge on any atom is -0.369 e. The summed E-state index contributed by atoms with van der Waals surface area (Å²) in [5.74, 6) is -1.43. The maximum absolute atomic E-state index is 15.0.